The number of hydrogen-bond acceptors (Lipinski definition) is 3. The topological polar surface area (TPSA) is 47.6 Å². The Labute approximate surface area is 213 Å². The lowest BCUT2D eigenvalue weighted by atomic mass is 9.91. The molecule has 0 saturated carbocycles. The van der Waals surface area contributed by atoms with Crippen LogP contribution in [0.25, 0.3) is 0 Å². The Kier molecular flexibility index (Phi) is 9.07. The number of hydrogen-bond donors (Lipinski definition) is 1. The van der Waals surface area contributed by atoms with E-state index in [-0.39, 0.29) is 5.91 Å². The first-order valence-electron chi connectivity index (χ1n) is 12.1. The number of benzene rings is 4. The van der Waals surface area contributed by atoms with Gasteiger partial charge in [-0.1, -0.05) is 109 Å². The lowest BCUT2D eigenvalue weighted by Crippen LogP contribution is -2.36. The highest BCUT2D eigenvalue weighted by Crippen LogP contribution is 2.28. The maximum Gasteiger partial charge on any atom is 0.230 e. The Morgan fingerprint density at radius 2 is 1.33 bits per heavy atom. The van der Waals surface area contributed by atoms with Gasteiger partial charge in [-0.25, -0.2) is 0 Å². The van der Waals surface area contributed by atoms with Gasteiger partial charge in [0.1, 0.15) is 12.4 Å². The molecular formula is C32H31NO3. The molecule has 0 heterocycles. The molecule has 4 nitrogen and oxygen atoms in total. The molecular weight excluding hydrogens is 446 g/mol. The zero-order valence-electron chi connectivity index (χ0n) is 20.3. The van der Waals surface area contributed by atoms with Crippen LogP contribution < -0.4 is 10.1 Å². The van der Waals surface area contributed by atoms with Crippen LogP contribution in [0.15, 0.2) is 128 Å². The normalized spacial score (nSPS) is 12.3. The molecule has 36 heavy (non-hydrogen) atoms. The molecule has 2 atom stereocenters. The van der Waals surface area contributed by atoms with E-state index in [9.17, 15) is 4.79 Å². The van der Waals surface area contributed by atoms with E-state index in [1.807, 2.05) is 115 Å². The average Bonchev–Trinajstić information content (AvgIpc) is 2.94. The van der Waals surface area contributed by atoms with Crippen LogP contribution in [-0.4, -0.2) is 12.0 Å². The van der Waals surface area contributed by atoms with Crippen LogP contribution in [0.3, 0.4) is 0 Å². The molecule has 4 rings (SSSR count). The van der Waals surface area contributed by atoms with Gasteiger partial charge in [-0.05, 0) is 34.4 Å². The monoisotopic (exact) mass is 477 g/mol. The summed E-state index contributed by atoms with van der Waals surface area (Å²) in [5.74, 6) is -0.0182. The SMILES string of the molecule is C=C[C@H](OCc1ccccc1)[C@H](C(=O)NCc1ccccc1)c1cccc(OCc2ccccc2)c1. The average molecular weight is 478 g/mol. The third-order valence-electron chi connectivity index (χ3n) is 5.90. The number of amides is 1. The molecule has 1 N–H and O–H groups in total. The fraction of sp³-hybridized carbons (Fsp3) is 0.156. The van der Waals surface area contributed by atoms with Crippen LogP contribution >= 0.6 is 0 Å². The largest absolute Gasteiger partial charge is 0.489 e. The highest BCUT2D eigenvalue weighted by atomic mass is 16.5. The zero-order chi connectivity index (χ0) is 25.0. The second-order valence-corrected chi connectivity index (χ2v) is 8.52. The van der Waals surface area contributed by atoms with Gasteiger partial charge in [-0.15, -0.1) is 6.58 Å². The summed E-state index contributed by atoms with van der Waals surface area (Å²) in [4.78, 5) is 13.5. The van der Waals surface area contributed by atoms with Crippen LogP contribution in [-0.2, 0) is 29.3 Å². The third-order valence-corrected chi connectivity index (χ3v) is 5.90. The van der Waals surface area contributed by atoms with Crippen molar-refractivity contribution in [1.29, 1.82) is 0 Å². The Bertz CT molecular complexity index is 1230. The quantitative estimate of drug-likeness (QED) is 0.239. The van der Waals surface area contributed by atoms with Crippen molar-refractivity contribution >= 4 is 5.91 Å². The first kappa shape index (κ1) is 25.0. The summed E-state index contributed by atoms with van der Waals surface area (Å²) in [6.07, 6.45) is 1.18. The molecule has 0 radical (unpaired) electrons. The van der Waals surface area contributed by atoms with Crippen LogP contribution in [0.5, 0.6) is 5.75 Å². The molecule has 182 valence electrons. The Morgan fingerprint density at radius 1 is 0.750 bits per heavy atom. The summed E-state index contributed by atoms with van der Waals surface area (Å²) < 4.78 is 12.3. The first-order chi connectivity index (χ1) is 17.7. The minimum absolute atomic E-state index is 0.128. The fourth-order valence-electron chi connectivity index (χ4n) is 3.99. The smallest absolute Gasteiger partial charge is 0.230 e. The van der Waals surface area contributed by atoms with E-state index in [2.05, 4.69) is 11.9 Å². The molecule has 0 unspecified atom stereocenters. The van der Waals surface area contributed by atoms with Gasteiger partial charge in [-0.3, -0.25) is 4.79 Å². The second kappa shape index (κ2) is 13.1. The number of nitrogens with one attached hydrogen (secondary N) is 1. The standard InChI is InChI=1S/C32H31NO3/c1-2-30(36-24-27-17-10-5-11-18-27)31(32(34)33-22-25-13-6-3-7-14-25)28-19-12-20-29(21-28)35-23-26-15-8-4-9-16-26/h2-21,30-31H,1,22-24H2,(H,33,34)/t30-,31+/m0/s1. The predicted molar refractivity (Wildman–Crippen MR) is 143 cm³/mol. The predicted octanol–water partition coefficient (Wildman–Crippen LogP) is 6.44. The zero-order valence-corrected chi connectivity index (χ0v) is 20.3. The van der Waals surface area contributed by atoms with E-state index in [4.69, 9.17) is 9.47 Å². The summed E-state index contributed by atoms with van der Waals surface area (Å²) in [6.45, 7) is 5.24. The number of carbonyl (C=O) groups excluding carboxylic acids is 1. The van der Waals surface area contributed by atoms with Gasteiger partial charge in [0.15, 0.2) is 0 Å². The molecule has 0 aliphatic heterocycles. The van der Waals surface area contributed by atoms with Gasteiger partial charge in [0.05, 0.1) is 18.6 Å². The Morgan fingerprint density at radius 3 is 1.94 bits per heavy atom. The Hall–Kier alpha value is -4.15. The van der Waals surface area contributed by atoms with E-state index in [1.165, 1.54) is 0 Å². The highest BCUT2D eigenvalue weighted by Gasteiger charge is 2.29. The van der Waals surface area contributed by atoms with Gasteiger partial charge in [0, 0.05) is 6.54 Å². The molecule has 0 spiro atoms. The summed E-state index contributed by atoms with van der Waals surface area (Å²) in [7, 11) is 0. The van der Waals surface area contributed by atoms with Crippen molar-refractivity contribution < 1.29 is 14.3 Å². The van der Waals surface area contributed by atoms with E-state index in [0.29, 0.717) is 25.5 Å². The molecule has 0 bridgehead atoms. The minimum atomic E-state index is -0.588. The van der Waals surface area contributed by atoms with Crippen molar-refractivity contribution in [3.8, 4) is 5.75 Å². The van der Waals surface area contributed by atoms with E-state index < -0.39 is 12.0 Å². The van der Waals surface area contributed by atoms with Gasteiger partial charge in [0.2, 0.25) is 5.91 Å². The van der Waals surface area contributed by atoms with Crippen molar-refractivity contribution in [2.24, 2.45) is 0 Å². The molecule has 0 fully saturated rings. The highest BCUT2D eigenvalue weighted by molar-refractivity contribution is 5.84. The van der Waals surface area contributed by atoms with Gasteiger partial charge >= 0.3 is 0 Å². The van der Waals surface area contributed by atoms with Crippen molar-refractivity contribution in [1.82, 2.24) is 5.32 Å². The van der Waals surface area contributed by atoms with Crippen molar-refractivity contribution in [2.75, 3.05) is 0 Å². The molecule has 4 aromatic carbocycles. The molecule has 0 saturated heterocycles. The van der Waals surface area contributed by atoms with Gasteiger partial charge in [-0.2, -0.15) is 0 Å². The number of rotatable bonds is 12. The van der Waals surface area contributed by atoms with Crippen molar-refractivity contribution in [2.45, 2.75) is 31.8 Å². The summed E-state index contributed by atoms with van der Waals surface area (Å²) >= 11 is 0. The van der Waals surface area contributed by atoms with Gasteiger partial charge in [0.25, 0.3) is 0 Å². The van der Waals surface area contributed by atoms with E-state index >= 15 is 0 Å². The van der Waals surface area contributed by atoms with Crippen LogP contribution in [0.2, 0.25) is 0 Å². The fourth-order valence-corrected chi connectivity index (χ4v) is 3.99. The summed E-state index contributed by atoms with van der Waals surface area (Å²) in [6, 6.07) is 37.4. The number of carbonyl (C=O) groups is 1. The molecule has 4 aromatic rings. The van der Waals surface area contributed by atoms with Gasteiger partial charge < -0.3 is 14.8 Å². The van der Waals surface area contributed by atoms with Crippen molar-refractivity contribution in [3.63, 3.8) is 0 Å². The molecule has 4 heteroatoms. The Balaban J connectivity index is 1.54. The maximum absolute atomic E-state index is 13.5. The van der Waals surface area contributed by atoms with Crippen LogP contribution in [0.4, 0.5) is 0 Å². The van der Waals surface area contributed by atoms with E-state index in [1.54, 1.807) is 6.08 Å². The molecule has 1 amide bonds. The van der Waals surface area contributed by atoms with Crippen LogP contribution in [0, 0.1) is 0 Å². The number of ether oxygens (including phenoxy) is 2. The minimum Gasteiger partial charge on any atom is -0.489 e. The van der Waals surface area contributed by atoms with Crippen molar-refractivity contribution in [3.05, 3.63) is 150 Å². The molecule has 0 aromatic heterocycles. The maximum atomic E-state index is 13.5. The second-order valence-electron chi connectivity index (χ2n) is 8.52. The summed E-state index contributed by atoms with van der Waals surface area (Å²) in [5, 5.41) is 3.08. The molecule has 0 aliphatic carbocycles. The third kappa shape index (κ3) is 7.17. The van der Waals surface area contributed by atoms with Crippen LogP contribution in [0.1, 0.15) is 28.2 Å². The van der Waals surface area contributed by atoms with E-state index in [0.717, 1.165) is 22.3 Å². The lowest BCUT2D eigenvalue weighted by molar-refractivity contribution is -0.125. The first-order valence-corrected chi connectivity index (χ1v) is 12.1. The summed E-state index contributed by atoms with van der Waals surface area (Å²) in [5.41, 5.74) is 3.96. The molecule has 0 aliphatic rings. The lowest BCUT2D eigenvalue weighted by Gasteiger charge is -2.25.